The highest BCUT2D eigenvalue weighted by atomic mass is 15.3. The van der Waals surface area contributed by atoms with E-state index in [1.807, 2.05) is 60.8 Å². The van der Waals surface area contributed by atoms with E-state index in [9.17, 15) is 0 Å². The van der Waals surface area contributed by atoms with E-state index in [2.05, 4.69) is 16.1 Å². The van der Waals surface area contributed by atoms with E-state index in [4.69, 9.17) is 10.8 Å². The first-order chi connectivity index (χ1) is 12.7. The van der Waals surface area contributed by atoms with Crippen LogP contribution in [0.15, 0.2) is 79.1 Å². The minimum absolute atomic E-state index is 0.194. The Labute approximate surface area is 150 Å². The SMILES string of the molecule is N=C(Cc1ccc2cnccc2c1)n1nc(-c2ccccc2)ccc1=N. The number of hydrogen-bond donors (Lipinski definition) is 2. The molecule has 4 rings (SSSR count). The third-order valence-corrected chi connectivity index (χ3v) is 4.24. The summed E-state index contributed by atoms with van der Waals surface area (Å²) < 4.78 is 1.39. The highest BCUT2D eigenvalue weighted by Crippen LogP contribution is 2.16. The van der Waals surface area contributed by atoms with Crippen molar-refractivity contribution in [3.63, 3.8) is 0 Å². The van der Waals surface area contributed by atoms with E-state index in [1.165, 1.54) is 4.68 Å². The van der Waals surface area contributed by atoms with Gasteiger partial charge in [0.25, 0.3) is 0 Å². The first-order valence-corrected chi connectivity index (χ1v) is 8.31. The molecule has 5 nitrogen and oxygen atoms in total. The van der Waals surface area contributed by atoms with Crippen LogP contribution >= 0.6 is 0 Å². The van der Waals surface area contributed by atoms with Gasteiger partial charge in [0.05, 0.1) is 5.69 Å². The fraction of sp³-hybridized carbons (Fsp3) is 0.0476. The fourth-order valence-electron chi connectivity index (χ4n) is 2.90. The number of nitrogens with one attached hydrogen (secondary N) is 2. The maximum atomic E-state index is 8.44. The Morgan fingerprint density at radius 1 is 0.923 bits per heavy atom. The molecule has 0 aliphatic rings. The van der Waals surface area contributed by atoms with Crippen LogP contribution in [0, 0.1) is 10.8 Å². The van der Waals surface area contributed by atoms with Gasteiger partial charge in [-0.1, -0.05) is 48.5 Å². The molecule has 0 bridgehead atoms. The summed E-state index contributed by atoms with van der Waals surface area (Å²) in [5, 5.41) is 23.2. The van der Waals surface area contributed by atoms with Gasteiger partial charge in [-0.25, -0.2) is 4.68 Å². The third kappa shape index (κ3) is 3.15. The predicted octanol–water partition coefficient (Wildman–Crippen LogP) is 3.65. The third-order valence-electron chi connectivity index (χ3n) is 4.24. The van der Waals surface area contributed by atoms with Crippen LogP contribution in [-0.4, -0.2) is 20.6 Å². The average Bonchev–Trinajstić information content (AvgIpc) is 2.69. The molecule has 0 saturated carbocycles. The van der Waals surface area contributed by atoms with Crippen molar-refractivity contribution in [2.45, 2.75) is 6.42 Å². The van der Waals surface area contributed by atoms with Gasteiger partial charge in [0.2, 0.25) is 0 Å². The van der Waals surface area contributed by atoms with Crippen molar-refractivity contribution in [1.29, 1.82) is 10.8 Å². The summed E-state index contributed by atoms with van der Waals surface area (Å²) in [5.41, 5.74) is 2.91. The van der Waals surface area contributed by atoms with E-state index >= 15 is 0 Å². The van der Waals surface area contributed by atoms with Crippen molar-refractivity contribution in [2.75, 3.05) is 0 Å². The minimum atomic E-state index is 0.194. The van der Waals surface area contributed by atoms with Crippen LogP contribution in [0.4, 0.5) is 0 Å². The molecule has 2 aromatic heterocycles. The van der Waals surface area contributed by atoms with E-state index in [1.54, 1.807) is 12.3 Å². The number of nitrogens with zero attached hydrogens (tertiary/aromatic N) is 3. The Hall–Kier alpha value is -3.60. The Kier molecular flexibility index (Phi) is 4.11. The molecular weight excluding hydrogens is 322 g/mol. The zero-order valence-corrected chi connectivity index (χ0v) is 14.1. The lowest BCUT2D eigenvalue weighted by Gasteiger charge is -2.10. The lowest BCUT2D eigenvalue weighted by molar-refractivity contribution is 0.800. The summed E-state index contributed by atoms with van der Waals surface area (Å²) in [6.07, 6.45) is 3.99. The summed E-state index contributed by atoms with van der Waals surface area (Å²) in [5.74, 6) is 0.265. The Morgan fingerprint density at radius 2 is 1.77 bits per heavy atom. The summed E-state index contributed by atoms with van der Waals surface area (Å²) in [6, 6.07) is 21.3. The van der Waals surface area contributed by atoms with Crippen molar-refractivity contribution < 1.29 is 0 Å². The van der Waals surface area contributed by atoms with Crippen LogP contribution < -0.4 is 5.49 Å². The van der Waals surface area contributed by atoms with Gasteiger partial charge in [0.15, 0.2) is 0 Å². The topological polar surface area (TPSA) is 78.4 Å². The van der Waals surface area contributed by atoms with Gasteiger partial charge in [-0.05, 0) is 29.1 Å². The van der Waals surface area contributed by atoms with Crippen molar-refractivity contribution in [3.05, 3.63) is 90.2 Å². The number of rotatable bonds is 3. The van der Waals surface area contributed by atoms with Crippen LogP contribution in [-0.2, 0) is 6.42 Å². The maximum absolute atomic E-state index is 8.44. The zero-order valence-electron chi connectivity index (χ0n) is 14.1. The van der Waals surface area contributed by atoms with Gasteiger partial charge in [-0.2, -0.15) is 5.10 Å². The largest absolute Gasteiger partial charge is 0.286 e. The van der Waals surface area contributed by atoms with Crippen molar-refractivity contribution >= 4 is 16.6 Å². The Balaban J connectivity index is 1.66. The van der Waals surface area contributed by atoms with Gasteiger partial charge in [0.1, 0.15) is 11.3 Å². The fourth-order valence-corrected chi connectivity index (χ4v) is 2.90. The lowest BCUT2D eigenvalue weighted by Crippen LogP contribution is -2.30. The van der Waals surface area contributed by atoms with E-state index in [-0.39, 0.29) is 11.3 Å². The molecule has 2 heterocycles. The quantitative estimate of drug-likeness (QED) is 0.441. The highest BCUT2D eigenvalue weighted by Gasteiger charge is 2.08. The highest BCUT2D eigenvalue weighted by molar-refractivity contribution is 5.86. The van der Waals surface area contributed by atoms with Crippen LogP contribution in [0.25, 0.3) is 22.0 Å². The molecule has 0 atom stereocenters. The molecule has 0 amide bonds. The molecule has 2 N–H and O–H groups in total. The van der Waals surface area contributed by atoms with Gasteiger partial charge in [0, 0.05) is 29.8 Å². The summed E-state index contributed by atoms with van der Waals surface area (Å²) in [7, 11) is 0. The first-order valence-electron chi connectivity index (χ1n) is 8.31. The van der Waals surface area contributed by atoms with E-state index in [0.717, 1.165) is 27.6 Å². The number of pyridine rings is 1. The molecule has 0 radical (unpaired) electrons. The lowest BCUT2D eigenvalue weighted by atomic mass is 10.1. The van der Waals surface area contributed by atoms with Gasteiger partial charge >= 0.3 is 0 Å². The average molecular weight is 339 g/mol. The molecular formula is C21H17N5. The molecule has 5 heteroatoms. The van der Waals surface area contributed by atoms with Gasteiger partial charge in [-0.3, -0.25) is 15.8 Å². The predicted molar refractivity (Wildman–Crippen MR) is 102 cm³/mol. The van der Waals surface area contributed by atoms with Gasteiger partial charge < -0.3 is 0 Å². The summed E-state index contributed by atoms with van der Waals surface area (Å²) in [6.45, 7) is 0. The molecule has 0 fully saturated rings. The molecule has 0 spiro atoms. The van der Waals surface area contributed by atoms with Gasteiger partial charge in [-0.15, -0.1) is 0 Å². The molecule has 4 aromatic rings. The molecule has 0 unspecified atom stereocenters. The van der Waals surface area contributed by atoms with E-state index in [0.29, 0.717) is 6.42 Å². The molecule has 2 aromatic carbocycles. The zero-order chi connectivity index (χ0) is 17.9. The van der Waals surface area contributed by atoms with Crippen LogP contribution in [0.1, 0.15) is 5.56 Å². The number of aromatic nitrogens is 3. The summed E-state index contributed by atoms with van der Waals surface area (Å²) in [4.78, 5) is 4.12. The maximum Gasteiger partial charge on any atom is 0.148 e. The standard InChI is InChI=1S/C21H17N5/c22-20-9-8-19(16-4-2-1-3-5-16)25-26(20)21(23)13-15-6-7-18-14-24-11-10-17(18)12-15/h1-12,14,22-23H,13H2. The Bertz CT molecular complexity index is 1150. The number of benzene rings is 2. The second-order valence-electron chi connectivity index (χ2n) is 6.06. The Morgan fingerprint density at radius 3 is 2.62 bits per heavy atom. The molecule has 0 aliphatic carbocycles. The number of fused-ring (bicyclic) bond motifs is 1. The second-order valence-corrected chi connectivity index (χ2v) is 6.06. The molecule has 0 saturated heterocycles. The van der Waals surface area contributed by atoms with E-state index < -0.39 is 0 Å². The first kappa shape index (κ1) is 15.9. The van der Waals surface area contributed by atoms with Crippen molar-refractivity contribution in [3.8, 4) is 11.3 Å². The van der Waals surface area contributed by atoms with Crippen LogP contribution in [0.5, 0.6) is 0 Å². The molecule has 0 aliphatic heterocycles. The number of hydrogen-bond acceptors (Lipinski definition) is 4. The van der Waals surface area contributed by atoms with Crippen molar-refractivity contribution in [1.82, 2.24) is 14.8 Å². The van der Waals surface area contributed by atoms with Crippen LogP contribution in [0.3, 0.4) is 0 Å². The normalized spacial score (nSPS) is 10.8. The smallest absolute Gasteiger partial charge is 0.148 e. The summed E-state index contributed by atoms with van der Waals surface area (Å²) >= 11 is 0. The second kappa shape index (κ2) is 6.72. The monoisotopic (exact) mass is 339 g/mol. The van der Waals surface area contributed by atoms with Crippen LogP contribution in [0.2, 0.25) is 0 Å². The minimum Gasteiger partial charge on any atom is -0.286 e. The van der Waals surface area contributed by atoms with Crippen molar-refractivity contribution in [2.24, 2.45) is 0 Å². The molecule has 26 heavy (non-hydrogen) atoms. The molecule has 126 valence electrons.